The van der Waals surface area contributed by atoms with Gasteiger partial charge in [-0.2, -0.15) is 0 Å². The number of methoxy groups -OCH3 is 2. The van der Waals surface area contributed by atoms with Crippen LogP contribution in [0.15, 0.2) is 24.4 Å². The fourth-order valence-corrected chi connectivity index (χ4v) is 3.27. The number of aromatic nitrogens is 3. The summed E-state index contributed by atoms with van der Waals surface area (Å²) >= 11 is 0. The molecule has 1 atom stereocenters. The van der Waals surface area contributed by atoms with Gasteiger partial charge in [0.15, 0.2) is 0 Å². The van der Waals surface area contributed by atoms with Crippen molar-refractivity contribution in [2.45, 2.75) is 12.5 Å². The lowest BCUT2D eigenvalue weighted by Crippen LogP contribution is -2.30. The standard InChI is InChI=1S/C17H19N5O3/c1-24-10-6-7-21(8-10)16(23)12-9-22-15(19-12)11-4-3-5-13(25-2)14(11)20-17(22)18/h3-5,9-10H,6-8H2,1-2H3,(H2,18,20). The zero-order valence-electron chi connectivity index (χ0n) is 14.1. The van der Waals surface area contributed by atoms with Crippen molar-refractivity contribution in [3.05, 3.63) is 30.1 Å². The number of carbonyl (C=O) groups is 1. The summed E-state index contributed by atoms with van der Waals surface area (Å²) in [6.07, 6.45) is 2.55. The van der Waals surface area contributed by atoms with Crippen LogP contribution in [0.4, 0.5) is 5.95 Å². The zero-order valence-corrected chi connectivity index (χ0v) is 14.1. The molecular formula is C17H19N5O3. The second-order valence-electron chi connectivity index (χ2n) is 6.04. The zero-order chi connectivity index (χ0) is 17.6. The maximum Gasteiger partial charge on any atom is 0.274 e. The third kappa shape index (κ3) is 2.45. The molecule has 0 radical (unpaired) electrons. The minimum atomic E-state index is -0.126. The molecule has 4 rings (SSSR count). The predicted molar refractivity (Wildman–Crippen MR) is 92.8 cm³/mol. The normalized spacial score (nSPS) is 17.5. The molecule has 0 saturated carbocycles. The lowest BCUT2D eigenvalue weighted by molar-refractivity contribution is 0.0719. The summed E-state index contributed by atoms with van der Waals surface area (Å²) in [5.41, 5.74) is 7.63. The summed E-state index contributed by atoms with van der Waals surface area (Å²) < 4.78 is 12.3. The lowest BCUT2D eigenvalue weighted by Gasteiger charge is -2.14. The van der Waals surface area contributed by atoms with Gasteiger partial charge in [-0.15, -0.1) is 0 Å². The summed E-state index contributed by atoms with van der Waals surface area (Å²) in [6, 6.07) is 5.56. The average molecular weight is 341 g/mol. The first-order valence-electron chi connectivity index (χ1n) is 8.05. The van der Waals surface area contributed by atoms with Gasteiger partial charge in [-0.3, -0.25) is 9.20 Å². The number of imidazole rings is 1. The number of fused-ring (bicyclic) bond motifs is 3. The first-order valence-corrected chi connectivity index (χ1v) is 8.05. The van der Waals surface area contributed by atoms with Crippen LogP contribution in [0.2, 0.25) is 0 Å². The number of nitrogen functional groups attached to an aromatic ring is 1. The number of rotatable bonds is 3. The largest absolute Gasteiger partial charge is 0.494 e. The van der Waals surface area contributed by atoms with E-state index in [1.165, 1.54) is 0 Å². The Kier molecular flexibility index (Phi) is 3.69. The minimum absolute atomic E-state index is 0.0813. The summed E-state index contributed by atoms with van der Waals surface area (Å²) in [4.78, 5) is 23.4. The van der Waals surface area contributed by atoms with Crippen molar-refractivity contribution in [1.29, 1.82) is 0 Å². The van der Waals surface area contributed by atoms with E-state index in [1.807, 2.05) is 18.2 Å². The molecule has 0 bridgehead atoms. The lowest BCUT2D eigenvalue weighted by atomic mass is 10.2. The third-order valence-corrected chi connectivity index (χ3v) is 4.62. The van der Waals surface area contributed by atoms with Crippen LogP contribution in [0.25, 0.3) is 16.6 Å². The Balaban J connectivity index is 1.81. The highest BCUT2D eigenvalue weighted by atomic mass is 16.5. The number of benzene rings is 1. The Morgan fingerprint density at radius 1 is 1.32 bits per heavy atom. The molecule has 0 aliphatic carbocycles. The van der Waals surface area contributed by atoms with Crippen molar-refractivity contribution in [1.82, 2.24) is 19.3 Å². The third-order valence-electron chi connectivity index (χ3n) is 4.62. The van der Waals surface area contributed by atoms with Crippen LogP contribution in [0.5, 0.6) is 5.75 Å². The molecule has 8 nitrogen and oxygen atoms in total. The molecule has 1 unspecified atom stereocenters. The van der Waals surface area contributed by atoms with Crippen molar-refractivity contribution >= 4 is 28.4 Å². The molecule has 1 amide bonds. The van der Waals surface area contributed by atoms with Gasteiger partial charge in [0.05, 0.1) is 13.2 Å². The average Bonchev–Trinajstić information content (AvgIpc) is 3.28. The first-order chi connectivity index (χ1) is 12.1. The van der Waals surface area contributed by atoms with Gasteiger partial charge in [0, 0.05) is 31.8 Å². The van der Waals surface area contributed by atoms with Gasteiger partial charge in [-0.25, -0.2) is 9.97 Å². The van der Waals surface area contributed by atoms with Crippen LogP contribution < -0.4 is 10.5 Å². The second kappa shape index (κ2) is 5.89. The van der Waals surface area contributed by atoms with E-state index in [4.69, 9.17) is 15.2 Å². The van der Waals surface area contributed by atoms with Crippen LogP contribution in [0, 0.1) is 0 Å². The number of anilines is 1. The number of hydrogen-bond donors (Lipinski definition) is 1. The molecule has 1 saturated heterocycles. The molecule has 2 aromatic heterocycles. The van der Waals surface area contributed by atoms with E-state index >= 15 is 0 Å². The maximum absolute atomic E-state index is 12.8. The number of hydrogen-bond acceptors (Lipinski definition) is 6. The van der Waals surface area contributed by atoms with Crippen molar-refractivity contribution in [2.75, 3.05) is 33.0 Å². The van der Waals surface area contributed by atoms with Crippen molar-refractivity contribution in [2.24, 2.45) is 0 Å². The highest BCUT2D eigenvalue weighted by molar-refractivity contribution is 5.99. The highest BCUT2D eigenvalue weighted by Gasteiger charge is 2.28. The quantitative estimate of drug-likeness (QED) is 0.772. The molecular weight excluding hydrogens is 322 g/mol. The van der Waals surface area contributed by atoms with Crippen LogP contribution in [0.1, 0.15) is 16.9 Å². The fourth-order valence-electron chi connectivity index (χ4n) is 3.27. The minimum Gasteiger partial charge on any atom is -0.494 e. The Hall–Kier alpha value is -2.87. The number of nitrogens with two attached hydrogens (primary N) is 1. The first kappa shape index (κ1) is 15.6. The number of para-hydroxylation sites is 1. The molecule has 3 heterocycles. The monoisotopic (exact) mass is 341 g/mol. The predicted octanol–water partition coefficient (Wildman–Crippen LogP) is 1.33. The van der Waals surface area contributed by atoms with Crippen molar-refractivity contribution in [3.8, 4) is 5.75 Å². The molecule has 25 heavy (non-hydrogen) atoms. The van der Waals surface area contributed by atoms with Gasteiger partial charge in [-0.05, 0) is 18.6 Å². The molecule has 8 heteroatoms. The number of likely N-dealkylation sites (tertiary alicyclic amines) is 1. The van der Waals surface area contributed by atoms with E-state index in [1.54, 1.807) is 29.7 Å². The number of amides is 1. The van der Waals surface area contributed by atoms with E-state index in [0.717, 1.165) is 11.8 Å². The summed E-state index contributed by atoms with van der Waals surface area (Å²) in [5, 5.41) is 0.781. The van der Waals surface area contributed by atoms with E-state index in [-0.39, 0.29) is 18.0 Å². The maximum atomic E-state index is 12.8. The summed E-state index contributed by atoms with van der Waals surface area (Å²) in [7, 11) is 3.24. The molecule has 1 fully saturated rings. The molecule has 2 N–H and O–H groups in total. The van der Waals surface area contributed by atoms with Crippen LogP contribution in [-0.2, 0) is 4.74 Å². The Morgan fingerprint density at radius 3 is 2.88 bits per heavy atom. The molecule has 1 aromatic carbocycles. The van der Waals surface area contributed by atoms with Crippen LogP contribution in [-0.4, -0.2) is 58.6 Å². The second-order valence-corrected chi connectivity index (χ2v) is 6.04. The molecule has 0 spiro atoms. The fraction of sp³-hybridized carbons (Fsp3) is 0.353. The molecule has 1 aliphatic rings. The van der Waals surface area contributed by atoms with Crippen LogP contribution in [0.3, 0.4) is 0 Å². The van der Waals surface area contributed by atoms with Gasteiger partial charge >= 0.3 is 0 Å². The van der Waals surface area contributed by atoms with Gasteiger partial charge in [-0.1, -0.05) is 6.07 Å². The Labute approximate surface area is 144 Å². The van der Waals surface area contributed by atoms with E-state index in [0.29, 0.717) is 35.7 Å². The number of nitrogens with zero attached hydrogens (tertiary/aromatic N) is 4. The van der Waals surface area contributed by atoms with Crippen LogP contribution >= 0.6 is 0 Å². The van der Waals surface area contributed by atoms with Gasteiger partial charge in [0.25, 0.3) is 5.91 Å². The smallest absolute Gasteiger partial charge is 0.274 e. The van der Waals surface area contributed by atoms with Gasteiger partial charge in [0.1, 0.15) is 22.6 Å². The van der Waals surface area contributed by atoms with E-state index in [2.05, 4.69) is 9.97 Å². The molecule has 1 aliphatic heterocycles. The topological polar surface area (TPSA) is 95.0 Å². The van der Waals surface area contributed by atoms with Gasteiger partial charge in [0.2, 0.25) is 5.95 Å². The SMILES string of the molecule is COc1cccc2c1nc(N)n1cc(C(=O)N3CCC(OC)C3)nc21. The Bertz CT molecular complexity index is 968. The van der Waals surface area contributed by atoms with E-state index < -0.39 is 0 Å². The van der Waals surface area contributed by atoms with Gasteiger partial charge < -0.3 is 20.1 Å². The number of ether oxygens (including phenoxy) is 2. The molecule has 130 valence electrons. The van der Waals surface area contributed by atoms with E-state index in [9.17, 15) is 4.79 Å². The van der Waals surface area contributed by atoms with Crippen molar-refractivity contribution < 1.29 is 14.3 Å². The highest BCUT2D eigenvalue weighted by Crippen LogP contribution is 2.28. The van der Waals surface area contributed by atoms with Crippen molar-refractivity contribution in [3.63, 3.8) is 0 Å². The summed E-state index contributed by atoms with van der Waals surface area (Å²) in [6.45, 7) is 1.24. The summed E-state index contributed by atoms with van der Waals surface area (Å²) in [5.74, 6) is 0.749. The Morgan fingerprint density at radius 2 is 2.16 bits per heavy atom. The molecule has 3 aromatic rings. The number of carbonyl (C=O) groups excluding carboxylic acids is 1.